The number of fused-ring (bicyclic) bond motifs is 1. The molecule has 9 heteroatoms. The molecule has 0 spiro atoms. The van der Waals surface area contributed by atoms with E-state index >= 15 is 0 Å². The van der Waals surface area contributed by atoms with Crippen molar-refractivity contribution in [2.24, 2.45) is 16.5 Å². The molecule has 9 nitrogen and oxygen atoms in total. The number of aliphatic imine (C=N–C) groups is 1. The summed E-state index contributed by atoms with van der Waals surface area (Å²) in [5.74, 6) is -0.0649. The molecule has 0 aliphatic carbocycles. The topological polar surface area (TPSA) is 131 Å². The lowest BCUT2D eigenvalue weighted by molar-refractivity contribution is 0.100. The maximum Gasteiger partial charge on any atom is 0.285 e. The van der Waals surface area contributed by atoms with Crippen molar-refractivity contribution in [3.8, 4) is 5.69 Å². The third kappa shape index (κ3) is 2.59. The number of aromatic nitrogens is 4. The Bertz CT molecular complexity index is 960. The van der Waals surface area contributed by atoms with Crippen LogP contribution in [0, 0.1) is 0 Å². The molecule has 0 atom stereocenters. The minimum Gasteiger partial charge on any atom is -0.370 e. The van der Waals surface area contributed by atoms with Crippen molar-refractivity contribution in [2.45, 2.75) is 12.8 Å². The molecule has 5 N–H and O–H groups in total. The van der Waals surface area contributed by atoms with Gasteiger partial charge in [-0.25, -0.2) is 9.67 Å². The second kappa shape index (κ2) is 5.93. The molecular formula is C16H18N8O. The first-order valence-corrected chi connectivity index (χ1v) is 8.04. The summed E-state index contributed by atoms with van der Waals surface area (Å²) in [6.07, 6.45) is 5.27. The summed E-state index contributed by atoms with van der Waals surface area (Å²) in [6, 6.07) is 5.78. The monoisotopic (exact) mass is 338 g/mol. The second-order valence-electron chi connectivity index (χ2n) is 5.91. The summed E-state index contributed by atoms with van der Waals surface area (Å²) in [4.78, 5) is 25.7. The van der Waals surface area contributed by atoms with E-state index in [1.807, 2.05) is 18.2 Å². The first-order chi connectivity index (χ1) is 12.1. The molecule has 1 aliphatic heterocycles. The van der Waals surface area contributed by atoms with Crippen LogP contribution in [-0.2, 0) is 0 Å². The molecular weight excluding hydrogens is 320 g/mol. The summed E-state index contributed by atoms with van der Waals surface area (Å²) in [7, 11) is 0. The fourth-order valence-corrected chi connectivity index (χ4v) is 3.20. The normalized spacial score (nSPS) is 14.2. The van der Waals surface area contributed by atoms with Gasteiger partial charge in [0.25, 0.3) is 5.91 Å². The van der Waals surface area contributed by atoms with Crippen molar-refractivity contribution < 1.29 is 4.79 Å². The van der Waals surface area contributed by atoms with Crippen molar-refractivity contribution in [1.29, 1.82) is 0 Å². The van der Waals surface area contributed by atoms with Gasteiger partial charge in [0.2, 0.25) is 0 Å². The molecule has 1 fully saturated rings. The number of imidazole rings is 1. The molecule has 3 aromatic rings. The Morgan fingerprint density at radius 2 is 2.04 bits per heavy atom. The Morgan fingerprint density at radius 1 is 1.24 bits per heavy atom. The van der Waals surface area contributed by atoms with Crippen molar-refractivity contribution in [2.75, 3.05) is 18.0 Å². The number of para-hydroxylation sites is 1. The van der Waals surface area contributed by atoms with Crippen LogP contribution >= 0.6 is 0 Å². The summed E-state index contributed by atoms with van der Waals surface area (Å²) < 4.78 is 1.74. The number of nitrogens with one attached hydrogen (secondary N) is 1. The van der Waals surface area contributed by atoms with Crippen LogP contribution in [0.15, 0.2) is 35.7 Å². The number of benzene rings is 1. The minimum absolute atomic E-state index is 0.264. The van der Waals surface area contributed by atoms with Crippen LogP contribution in [0.1, 0.15) is 23.2 Å². The predicted octanol–water partition coefficient (Wildman–Crippen LogP) is 0.762. The van der Waals surface area contributed by atoms with Gasteiger partial charge < -0.3 is 21.4 Å². The number of aromatic amines is 1. The average Bonchev–Trinajstić information content (AvgIpc) is 3.32. The quantitative estimate of drug-likeness (QED) is 0.477. The van der Waals surface area contributed by atoms with Crippen LogP contribution in [0.5, 0.6) is 0 Å². The van der Waals surface area contributed by atoms with E-state index in [-0.39, 0.29) is 5.96 Å². The van der Waals surface area contributed by atoms with Gasteiger partial charge in [-0.3, -0.25) is 4.79 Å². The maximum atomic E-state index is 12.4. The number of carbonyl (C=O) groups excluding carboxylic acids is 1. The lowest BCUT2D eigenvalue weighted by Gasteiger charge is -2.20. The third-order valence-corrected chi connectivity index (χ3v) is 4.27. The van der Waals surface area contributed by atoms with Gasteiger partial charge in [0.1, 0.15) is 16.9 Å². The fraction of sp³-hybridized carbons (Fsp3) is 0.250. The molecule has 1 saturated heterocycles. The average molecular weight is 338 g/mol. The van der Waals surface area contributed by atoms with E-state index < -0.39 is 5.91 Å². The van der Waals surface area contributed by atoms with Gasteiger partial charge in [-0.1, -0.05) is 6.07 Å². The number of nitrogens with two attached hydrogens (primary N) is 2. The van der Waals surface area contributed by atoms with E-state index in [0.717, 1.165) is 42.7 Å². The molecule has 25 heavy (non-hydrogen) atoms. The Morgan fingerprint density at radius 3 is 2.80 bits per heavy atom. The van der Waals surface area contributed by atoms with Gasteiger partial charge in [-0.05, 0) is 25.0 Å². The molecule has 128 valence electrons. The number of amides is 1. The van der Waals surface area contributed by atoms with Gasteiger partial charge >= 0.3 is 0 Å². The van der Waals surface area contributed by atoms with Gasteiger partial charge in [0.15, 0.2) is 5.96 Å². The molecule has 0 unspecified atom stereocenters. The van der Waals surface area contributed by atoms with Crippen molar-refractivity contribution in [3.05, 3.63) is 36.3 Å². The molecule has 3 heterocycles. The molecule has 1 aliphatic rings. The Labute approximate surface area is 143 Å². The lowest BCUT2D eigenvalue weighted by atomic mass is 10.2. The van der Waals surface area contributed by atoms with Crippen LogP contribution in [0.3, 0.4) is 0 Å². The van der Waals surface area contributed by atoms with Crippen molar-refractivity contribution in [3.63, 3.8) is 0 Å². The van der Waals surface area contributed by atoms with Gasteiger partial charge in [-0.2, -0.15) is 10.1 Å². The van der Waals surface area contributed by atoms with E-state index in [1.165, 1.54) is 6.20 Å². The van der Waals surface area contributed by atoms with Crippen LogP contribution in [0.4, 0.5) is 5.82 Å². The number of nitrogens with zero attached hydrogens (tertiary/aromatic N) is 5. The summed E-state index contributed by atoms with van der Waals surface area (Å²) in [6.45, 7) is 1.70. The Hall–Kier alpha value is -3.36. The summed E-state index contributed by atoms with van der Waals surface area (Å²) in [5.41, 5.74) is 13.6. The zero-order chi connectivity index (χ0) is 17.4. The zero-order valence-electron chi connectivity index (χ0n) is 13.5. The minimum atomic E-state index is -0.498. The van der Waals surface area contributed by atoms with Crippen LogP contribution in [-0.4, -0.2) is 44.7 Å². The number of guanidine groups is 1. The fourth-order valence-electron chi connectivity index (χ4n) is 3.20. The second-order valence-corrected chi connectivity index (χ2v) is 5.91. The molecule has 0 radical (unpaired) electrons. The molecule has 1 aromatic carbocycles. The van der Waals surface area contributed by atoms with Crippen LogP contribution < -0.4 is 16.4 Å². The van der Waals surface area contributed by atoms with Gasteiger partial charge in [0, 0.05) is 13.1 Å². The third-order valence-electron chi connectivity index (χ3n) is 4.27. The SMILES string of the molecule is NC(N)=NC(=O)c1cnn(-c2cccc3[nH]cnc23)c1N1CCCC1. The number of hydrogen-bond acceptors (Lipinski definition) is 4. The highest BCUT2D eigenvalue weighted by Gasteiger charge is 2.26. The van der Waals surface area contributed by atoms with E-state index in [4.69, 9.17) is 11.5 Å². The molecule has 4 rings (SSSR count). The van der Waals surface area contributed by atoms with E-state index in [9.17, 15) is 4.79 Å². The number of rotatable bonds is 3. The van der Waals surface area contributed by atoms with E-state index in [0.29, 0.717) is 11.4 Å². The molecule has 1 amide bonds. The number of anilines is 1. The standard InChI is InChI=1S/C16H18N8O/c17-16(18)22-14(25)10-8-21-24(15(10)23-6-1-2-7-23)12-5-3-4-11-13(12)20-9-19-11/h3-5,8-9H,1-2,6-7H2,(H,19,20)(H4,17,18,22,25). The lowest BCUT2D eigenvalue weighted by Crippen LogP contribution is -2.26. The summed E-state index contributed by atoms with van der Waals surface area (Å²) >= 11 is 0. The molecule has 0 saturated carbocycles. The zero-order valence-corrected chi connectivity index (χ0v) is 13.5. The summed E-state index contributed by atoms with van der Waals surface area (Å²) in [5, 5.41) is 4.44. The van der Waals surface area contributed by atoms with Gasteiger partial charge in [0.05, 0.1) is 23.7 Å². The van der Waals surface area contributed by atoms with E-state index in [1.54, 1.807) is 11.0 Å². The Balaban J connectivity index is 1.91. The Kier molecular flexibility index (Phi) is 3.60. The highest BCUT2D eigenvalue weighted by atomic mass is 16.1. The smallest absolute Gasteiger partial charge is 0.285 e. The van der Waals surface area contributed by atoms with Crippen LogP contribution in [0.25, 0.3) is 16.7 Å². The predicted molar refractivity (Wildman–Crippen MR) is 94.8 cm³/mol. The number of hydrogen-bond donors (Lipinski definition) is 3. The van der Waals surface area contributed by atoms with Crippen molar-refractivity contribution >= 4 is 28.7 Å². The maximum absolute atomic E-state index is 12.4. The van der Waals surface area contributed by atoms with E-state index in [2.05, 4.69) is 25.0 Å². The van der Waals surface area contributed by atoms with Gasteiger partial charge in [-0.15, -0.1) is 0 Å². The van der Waals surface area contributed by atoms with Crippen molar-refractivity contribution in [1.82, 2.24) is 19.7 Å². The first kappa shape index (κ1) is 15.2. The first-order valence-electron chi connectivity index (χ1n) is 8.04. The molecule has 0 bridgehead atoms. The highest BCUT2D eigenvalue weighted by Crippen LogP contribution is 2.30. The number of carbonyl (C=O) groups is 1. The molecule has 2 aromatic heterocycles. The van der Waals surface area contributed by atoms with Crippen LogP contribution in [0.2, 0.25) is 0 Å². The largest absolute Gasteiger partial charge is 0.370 e. The highest BCUT2D eigenvalue weighted by molar-refractivity contribution is 6.05. The number of H-pyrrole nitrogens is 1.